The molecule has 0 saturated carbocycles. The van der Waals surface area contributed by atoms with Crippen LogP contribution in [0.2, 0.25) is 5.02 Å². The summed E-state index contributed by atoms with van der Waals surface area (Å²) in [6, 6.07) is 1.48. The molecule has 0 aliphatic carbocycles. The van der Waals surface area contributed by atoms with Gasteiger partial charge in [0, 0.05) is 0 Å². The van der Waals surface area contributed by atoms with Gasteiger partial charge in [-0.1, -0.05) is 11.6 Å². The fraction of sp³-hybridized carbons (Fsp3) is 0. The molecule has 0 aliphatic rings. The van der Waals surface area contributed by atoms with Crippen LogP contribution in [0.3, 0.4) is 0 Å². The van der Waals surface area contributed by atoms with Crippen molar-refractivity contribution >= 4 is 23.4 Å². The Bertz CT molecular complexity index is 518. The molecule has 0 aliphatic heterocycles. The Morgan fingerprint density at radius 3 is 2.73 bits per heavy atom. The Hall–Kier alpha value is -2.04. The monoisotopic (exact) mass is 221 g/mol. The van der Waals surface area contributed by atoms with E-state index in [0.717, 1.165) is 0 Å². The highest BCUT2D eigenvalue weighted by Crippen LogP contribution is 2.21. The number of hydrogen-bond acceptors (Lipinski definition) is 5. The Morgan fingerprint density at radius 2 is 2.13 bits per heavy atom. The van der Waals surface area contributed by atoms with Crippen LogP contribution in [0.4, 0.5) is 5.69 Å². The van der Waals surface area contributed by atoms with E-state index < -0.39 is 0 Å². The normalized spacial score (nSPS) is 9.67. The zero-order valence-electron chi connectivity index (χ0n) is 7.33. The first-order valence-electron chi connectivity index (χ1n) is 3.91. The van der Waals surface area contributed by atoms with Crippen LogP contribution in [-0.2, 0) is 4.79 Å². The fourth-order valence-corrected chi connectivity index (χ4v) is 1.24. The summed E-state index contributed by atoms with van der Waals surface area (Å²) in [4.78, 5) is 18.6. The number of pyridine rings is 1. The van der Waals surface area contributed by atoms with Crippen molar-refractivity contribution < 1.29 is 4.79 Å². The van der Waals surface area contributed by atoms with Crippen molar-refractivity contribution in [3.63, 3.8) is 0 Å². The van der Waals surface area contributed by atoms with Crippen LogP contribution in [0.1, 0.15) is 0 Å². The minimum atomic E-state index is 0.308. The van der Waals surface area contributed by atoms with Crippen LogP contribution in [0.25, 0.3) is 5.82 Å². The van der Waals surface area contributed by atoms with E-state index in [1.54, 1.807) is 0 Å². The maximum absolute atomic E-state index is 10.0. The molecule has 15 heavy (non-hydrogen) atoms. The lowest BCUT2D eigenvalue weighted by atomic mass is 10.4. The van der Waals surface area contributed by atoms with E-state index in [4.69, 9.17) is 11.6 Å². The number of rotatable bonds is 2. The van der Waals surface area contributed by atoms with Gasteiger partial charge in [0.25, 0.3) is 0 Å². The average Bonchev–Trinajstić information content (AvgIpc) is 2.71. The maximum Gasteiger partial charge on any atom is 0.240 e. The fourth-order valence-electron chi connectivity index (χ4n) is 1.01. The van der Waals surface area contributed by atoms with Crippen LogP contribution in [-0.4, -0.2) is 26.1 Å². The van der Waals surface area contributed by atoms with Crippen molar-refractivity contribution in [1.82, 2.24) is 20.0 Å². The second kappa shape index (κ2) is 4.00. The van der Waals surface area contributed by atoms with Crippen molar-refractivity contribution in [1.29, 1.82) is 0 Å². The molecule has 2 rings (SSSR count). The zero-order chi connectivity index (χ0) is 10.7. The highest BCUT2D eigenvalue weighted by molar-refractivity contribution is 6.32. The minimum Gasteiger partial charge on any atom is -0.232 e. The third-order valence-electron chi connectivity index (χ3n) is 1.59. The molecule has 0 amide bonds. The first-order chi connectivity index (χ1) is 7.31. The van der Waals surface area contributed by atoms with E-state index >= 15 is 0 Å². The summed E-state index contributed by atoms with van der Waals surface area (Å²) in [7, 11) is 0. The molecular formula is C8H4ClN5O. The average molecular weight is 222 g/mol. The van der Waals surface area contributed by atoms with Crippen molar-refractivity contribution in [3.8, 4) is 5.82 Å². The molecule has 0 saturated heterocycles. The van der Waals surface area contributed by atoms with Crippen LogP contribution in [0, 0.1) is 0 Å². The van der Waals surface area contributed by atoms with Gasteiger partial charge in [0.05, 0.1) is 29.3 Å². The topological polar surface area (TPSA) is 73.0 Å². The Kier molecular flexibility index (Phi) is 2.53. The molecule has 0 radical (unpaired) electrons. The van der Waals surface area contributed by atoms with Gasteiger partial charge >= 0.3 is 0 Å². The van der Waals surface area contributed by atoms with Crippen molar-refractivity contribution in [2.45, 2.75) is 0 Å². The molecule has 0 fully saturated rings. The van der Waals surface area contributed by atoms with Crippen LogP contribution >= 0.6 is 11.6 Å². The van der Waals surface area contributed by atoms with Gasteiger partial charge in [0.1, 0.15) is 0 Å². The van der Waals surface area contributed by atoms with Gasteiger partial charge in [0.15, 0.2) is 5.82 Å². The van der Waals surface area contributed by atoms with Crippen molar-refractivity contribution in [2.75, 3.05) is 0 Å². The Labute approximate surface area is 89.2 Å². The molecular weight excluding hydrogens is 218 g/mol. The number of aromatic nitrogens is 4. The predicted molar refractivity (Wildman–Crippen MR) is 51.9 cm³/mol. The molecule has 0 unspecified atom stereocenters. The summed E-state index contributed by atoms with van der Waals surface area (Å²) in [5, 5.41) is 8.06. The second-order valence-corrected chi connectivity index (χ2v) is 2.93. The van der Waals surface area contributed by atoms with E-state index in [0.29, 0.717) is 16.5 Å². The van der Waals surface area contributed by atoms with Gasteiger partial charge in [-0.15, -0.1) is 4.80 Å². The third-order valence-corrected chi connectivity index (χ3v) is 1.87. The van der Waals surface area contributed by atoms with Crippen molar-refractivity contribution in [2.24, 2.45) is 4.99 Å². The predicted octanol–water partition coefficient (Wildman–Crippen LogP) is 1.28. The van der Waals surface area contributed by atoms with E-state index in [2.05, 4.69) is 20.2 Å². The SMILES string of the molecule is O=C=Nc1cnc(-n2nccn2)c(Cl)c1. The summed E-state index contributed by atoms with van der Waals surface area (Å²) < 4.78 is 0. The van der Waals surface area contributed by atoms with E-state index in [-0.39, 0.29) is 0 Å². The molecule has 2 aromatic rings. The Morgan fingerprint density at radius 1 is 1.40 bits per heavy atom. The third kappa shape index (κ3) is 1.90. The number of aliphatic imine (C=N–C) groups is 1. The van der Waals surface area contributed by atoms with E-state index in [1.807, 2.05) is 0 Å². The lowest BCUT2D eigenvalue weighted by molar-refractivity contribution is 0.565. The molecule has 0 aromatic carbocycles. The highest BCUT2D eigenvalue weighted by atomic mass is 35.5. The Balaban J connectivity index is 2.48. The summed E-state index contributed by atoms with van der Waals surface area (Å²) in [6.45, 7) is 0. The number of isocyanates is 1. The smallest absolute Gasteiger partial charge is 0.232 e. The van der Waals surface area contributed by atoms with Crippen molar-refractivity contribution in [3.05, 3.63) is 29.7 Å². The number of carbonyl (C=O) groups excluding carboxylic acids is 1. The van der Waals surface area contributed by atoms with Crippen LogP contribution in [0.5, 0.6) is 0 Å². The first-order valence-corrected chi connectivity index (χ1v) is 4.29. The molecule has 0 N–H and O–H groups in total. The highest BCUT2D eigenvalue weighted by Gasteiger charge is 2.06. The van der Waals surface area contributed by atoms with Gasteiger partial charge < -0.3 is 0 Å². The molecule has 7 heteroatoms. The number of halogens is 1. The summed E-state index contributed by atoms with van der Waals surface area (Å²) >= 11 is 5.90. The molecule has 0 spiro atoms. The number of nitrogens with zero attached hydrogens (tertiary/aromatic N) is 5. The zero-order valence-corrected chi connectivity index (χ0v) is 8.09. The number of hydrogen-bond donors (Lipinski definition) is 0. The standard InChI is InChI=1S/C8H4ClN5O/c9-7-3-6(11-5-15)4-10-8(7)14-12-1-2-13-14/h1-4H. The molecule has 74 valence electrons. The summed E-state index contributed by atoms with van der Waals surface area (Å²) in [5.41, 5.74) is 0.339. The summed E-state index contributed by atoms with van der Waals surface area (Å²) in [6.07, 6.45) is 5.81. The second-order valence-electron chi connectivity index (χ2n) is 2.52. The quantitative estimate of drug-likeness (QED) is 0.566. The first kappa shape index (κ1) is 9.51. The molecule has 0 atom stereocenters. The van der Waals surface area contributed by atoms with E-state index in [9.17, 15) is 4.79 Å². The lowest BCUT2D eigenvalue weighted by Gasteiger charge is -2.00. The van der Waals surface area contributed by atoms with E-state index in [1.165, 1.54) is 35.5 Å². The maximum atomic E-state index is 10.0. The molecule has 2 aromatic heterocycles. The van der Waals surface area contributed by atoms with Crippen LogP contribution < -0.4 is 0 Å². The molecule has 2 heterocycles. The lowest BCUT2D eigenvalue weighted by Crippen LogP contribution is -2.01. The summed E-state index contributed by atoms with van der Waals surface area (Å²) in [5.74, 6) is 0.381. The largest absolute Gasteiger partial charge is 0.240 e. The minimum absolute atomic E-state index is 0.308. The molecule has 6 nitrogen and oxygen atoms in total. The van der Waals surface area contributed by atoms with Crippen LogP contribution in [0.15, 0.2) is 29.6 Å². The van der Waals surface area contributed by atoms with Gasteiger partial charge in [-0.25, -0.2) is 9.78 Å². The van der Waals surface area contributed by atoms with Gasteiger partial charge in [0.2, 0.25) is 6.08 Å². The van der Waals surface area contributed by atoms with Gasteiger partial charge in [-0.05, 0) is 6.07 Å². The van der Waals surface area contributed by atoms with Gasteiger partial charge in [-0.3, -0.25) is 0 Å². The van der Waals surface area contributed by atoms with Gasteiger partial charge in [-0.2, -0.15) is 15.2 Å². The molecule has 0 bridgehead atoms.